The van der Waals surface area contributed by atoms with Gasteiger partial charge >= 0.3 is 0 Å². The number of aromatic amines is 1. The predicted octanol–water partition coefficient (Wildman–Crippen LogP) is 4.74. The summed E-state index contributed by atoms with van der Waals surface area (Å²) in [4.78, 5) is 34.0. The molecule has 2 heterocycles. The first kappa shape index (κ1) is 20.1. The van der Waals surface area contributed by atoms with Gasteiger partial charge in [0.1, 0.15) is 0 Å². The minimum atomic E-state index is -0.498. The van der Waals surface area contributed by atoms with Gasteiger partial charge in [0.05, 0.1) is 12.0 Å². The predicted molar refractivity (Wildman–Crippen MR) is 125 cm³/mol. The topological polar surface area (TPSA) is 56.4 Å². The van der Waals surface area contributed by atoms with E-state index in [1.54, 1.807) is 16.8 Å². The smallest absolute Gasteiger partial charge is 0.254 e. The summed E-state index contributed by atoms with van der Waals surface area (Å²) in [5.41, 5.74) is 4.40. The molecule has 5 nitrogen and oxygen atoms in total. The maximum Gasteiger partial charge on any atom is 0.254 e. The zero-order chi connectivity index (χ0) is 22.2. The molecule has 1 aliphatic rings. The van der Waals surface area contributed by atoms with Crippen molar-refractivity contribution in [3.63, 3.8) is 0 Å². The van der Waals surface area contributed by atoms with Crippen LogP contribution in [0, 0.1) is 0 Å². The van der Waals surface area contributed by atoms with Crippen LogP contribution in [-0.2, 0) is 11.3 Å². The van der Waals surface area contributed by atoms with E-state index in [1.807, 2.05) is 92.1 Å². The number of rotatable bonds is 4. The van der Waals surface area contributed by atoms with E-state index in [0.717, 1.165) is 27.6 Å². The molecule has 3 aromatic carbocycles. The molecule has 1 aromatic heterocycles. The summed E-state index contributed by atoms with van der Waals surface area (Å²) in [5.74, 6) is -0.566. The Morgan fingerprint density at radius 1 is 0.938 bits per heavy atom. The third-order valence-electron chi connectivity index (χ3n) is 6.42. The zero-order valence-electron chi connectivity index (χ0n) is 18.2. The van der Waals surface area contributed by atoms with E-state index in [0.29, 0.717) is 12.1 Å². The Labute approximate surface area is 187 Å². The fourth-order valence-electron chi connectivity index (χ4n) is 4.84. The first-order chi connectivity index (χ1) is 15.6. The van der Waals surface area contributed by atoms with Gasteiger partial charge < -0.3 is 14.8 Å². The molecule has 4 aromatic rings. The van der Waals surface area contributed by atoms with Gasteiger partial charge in [-0.05, 0) is 23.3 Å². The van der Waals surface area contributed by atoms with Crippen LogP contribution in [-0.4, -0.2) is 40.7 Å². The zero-order valence-corrected chi connectivity index (χ0v) is 18.2. The Balaban J connectivity index is 1.62. The summed E-state index contributed by atoms with van der Waals surface area (Å²) in [5, 5.41) is 1.03. The van der Waals surface area contributed by atoms with E-state index in [2.05, 4.69) is 4.98 Å². The highest BCUT2D eigenvalue weighted by molar-refractivity contribution is 6.02. The van der Waals surface area contributed by atoms with Crippen molar-refractivity contribution in [2.24, 2.45) is 0 Å². The van der Waals surface area contributed by atoms with Crippen molar-refractivity contribution in [2.45, 2.75) is 18.5 Å². The number of amides is 2. The highest BCUT2D eigenvalue weighted by atomic mass is 16.2. The standard InChI is InChI=1S/C27H25N3O2/c1-29(17-18-10-4-3-5-11-18)27(32)24-20-13-6-7-14-21(20)26(31)30(2)25(24)22-16-28-23-15-9-8-12-19(22)23/h3-16,24-25,28H,17H2,1-2H3/t24-,25-/m1/s1. The third-order valence-corrected chi connectivity index (χ3v) is 6.42. The van der Waals surface area contributed by atoms with Crippen LogP contribution in [0.25, 0.3) is 10.9 Å². The van der Waals surface area contributed by atoms with Crippen molar-refractivity contribution in [2.75, 3.05) is 14.1 Å². The van der Waals surface area contributed by atoms with Crippen LogP contribution >= 0.6 is 0 Å². The second kappa shape index (κ2) is 8.00. The Hall–Kier alpha value is -3.86. The molecule has 0 spiro atoms. The molecule has 2 amide bonds. The molecule has 5 rings (SSSR count). The van der Waals surface area contributed by atoms with E-state index < -0.39 is 12.0 Å². The second-order valence-corrected chi connectivity index (χ2v) is 8.40. The van der Waals surface area contributed by atoms with E-state index in [9.17, 15) is 9.59 Å². The van der Waals surface area contributed by atoms with Gasteiger partial charge in [0.25, 0.3) is 5.91 Å². The number of nitrogens with zero attached hydrogens (tertiary/aromatic N) is 2. The lowest BCUT2D eigenvalue weighted by Crippen LogP contribution is -2.45. The molecule has 0 radical (unpaired) electrons. The molecule has 0 unspecified atom stereocenters. The van der Waals surface area contributed by atoms with Gasteiger partial charge in [-0.2, -0.15) is 0 Å². The lowest BCUT2D eigenvalue weighted by atomic mass is 9.79. The van der Waals surface area contributed by atoms with Crippen LogP contribution in [0.2, 0.25) is 0 Å². The molecule has 0 aliphatic carbocycles. The van der Waals surface area contributed by atoms with Gasteiger partial charge in [-0.25, -0.2) is 0 Å². The minimum absolute atomic E-state index is 0.00376. The number of likely N-dealkylation sites (N-methyl/N-ethyl adjacent to an activating group) is 2. The number of fused-ring (bicyclic) bond motifs is 2. The first-order valence-electron chi connectivity index (χ1n) is 10.8. The molecule has 32 heavy (non-hydrogen) atoms. The Bertz CT molecular complexity index is 1290. The summed E-state index contributed by atoms with van der Waals surface area (Å²) in [7, 11) is 3.63. The molecule has 0 bridgehead atoms. The lowest BCUT2D eigenvalue weighted by molar-refractivity contribution is -0.133. The van der Waals surface area contributed by atoms with Gasteiger partial charge in [0, 0.05) is 48.9 Å². The Morgan fingerprint density at radius 2 is 1.62 bits per heavy atom. The fourth-order valence-corrected chi connectivity index (χ4v) is 4.84. The molecule has 0 saturated heterocycles. The van der Waals surface area contributed by atoms with Crippen molar-refractivity contribution in [1.82, 2.24) is 14.8 Å². The highest BCUT2D eigenvalue weighted by Crippen LogP contribution is 2.44. The average Bonchev–Trinajstić information content (AvgIpc) is 3.25. The van der Waals surface area contributed by atoms with Crippen LogP contribution in [0.4, 0.5) is 0 Å². The minimum Gasteiger partial charge on any atom is -0.361 e. The number of nitrogens with one attached hydrogen (secondary N) is 1. The fraction of sp³-hybridized carbons (Fsp3) is 0.185. The summed E-state index contributed by atoms with van der Waals surface area (Å²) in [6.07, 6.45) is 1.94. The van der Waals surface area contributed by atoms with Crippen LogP contribution in [0.3, 0.4) is 0 Å². The van der Waals surface area contributed by atoms with Crippen LogP contribution in [0.1, 0.15) is 39.0 Å². The van der Waals surface area contributed by atoms with Crippen molar-refractivity contribution >= 4 is 22.7 Å². The molecule has 0 saturated carbocycles. The van der Waals surface area contributed by atoms with Gasteiger partial charge in [-0.15, -0.1) is 0 Å². The van der Waals surface area contributed by atoms with Crippen LogP contribution < -0.4 is 0 Å². The van der Waals surface area contributed by atoms with Gasteiger partial charge in [-0.3, -0.25) is 9.59 Å². The molecular weight excluding hydrogens is 398 g/mol. The number of carbonyl (C=O) groups excluding carboxylic acids is 2. The van der Waals surface area contributed by atoms with E-state index in [1.165, 1.54) is 0 Å². The maximum atomic E-state index is 13.9. The molecule has 1 aliphatic heterocycles. The molecule has 160 valence electrons. The number of H-pyrrole nitrogens is 1. The van der Waals surface area contributed by atoms with Crippen LogP contribution in [0.15, 0.2) is 85.1 Å². The number of para-hydroxylation sites is 1. The number of hydrogen-bond acceptors (Lipinski definition) is 2. The van der Waals surface area contributed by atoms with Crippen molar-refractivity contribution in [3.8, 4) is 0 Å². The highest BCUT2D eigenvalue weighted by Gasteiger charge is 2.44. The van der Waals surface area contributed by atoms with Crippen molar-refractivity contribution < 1.29 is 9.59 Å². The summed E-state index contributed by atoms with van der Waals surface area (Å²) in [6, 6.07) is 25.1. The molecule has 5 heteroatoms. The van der Waals surface area contributed by atoms with Gasteiger partial charge in [0.15, 0.2) is 0 Å². The number of benzene rings is 3. The first-order valence-corrected chi connectivity index (χ1v) is 10.8. The van der Waals surface area contributed by atoms with E-state index in [4.69, 9.17) is 0 Å². The molecule has 2 atom stereocenters. The Kier molecular flexibility index (Phi) is 5.02. The molecular formula is C27H25N3O2. The SMILES string of the molecule is CN(Cc1ccccc1)C(=O)[C@@H]1c2ccccc2C(=O)N(C)[C@@H]1c1c[nH]c2ccccc12. The van der Waals surface area contributed by atoms with E-state index >= 15 is 0 Å². The van der Waals surface area contributed by atoms with Crippen LogP contribution in [0.5, 0.6) is 0 Å². The summed E-state index contributed by atoms with van der Waals surface area (Å²) >= 11 is 0. The largest absolute Gasteiger partial charge is 0.361 e. The quantitative estimate of drug-likeness (QED) is 0.516. The number of carbonyl (C=O) groups is 2. The van der Waals surface area contributed by atoms with Crippen molar-refractivity contribution in [3.05, 3.63) is 107 Å². The van der Waals surface area contributed by atoms with Gasteiger partial charge in [-0.1, -0.05) is 66.7 Å². The third kappa shape index (κ3) is 3.26. The molecule has 0 fully saturated rings. The lowest BCUT2D eigenvalue weighted by Gasteiger charge is -2.40. The summed E-state index contributed by atoms with van der Waals surface area (Å²) < 4.78 is 0. The summed E-state index contributed by atoms with van der Waals surface area (Å²) in [6.45, 7) is 0.511. The molecule has 1 N–H and O–H groups in total. The van der Waals surface area contributed by atoms with Crippen molar-refractivity contribution in [1.29, 1.82) is 0 Å². The Morgan fingerprint density at radius 3 is 2.44 bits per heavy atom. The maximum absolute atomic E-state index is 13.9. The van der Waals surface area contributed by atoms with E-state index in [-0.39, 0.29) is 11.8 Å². The number of aromatic nitrogens is 1. The normalized spacial score (nSPS) is 17.9. The second-order valence-electron chi connectivity index (χ2n) is 8.40. The van der Waals surface area contributed by atoms with Gasteiger partial charge in [0.2, 0.25) is 5.91 Å². The number of hydrogen-bond donors (Lipinski definition) is 1. The average molecular weight is 424 g/mol. The monoisotopic (exact) mass is 423 g/mol.